The SMILES string of the molecule is COc1ccccc1N1CCN(C(=O)C2CCCN2C(=O)Cc2cccs2)CC1. The van der Waals surface area contributed by atoms with E-state index in [1.807, 2.05) is 40.6 Å². The number of carbonyl (C=O) groups is 2. The number of nitrogens with zero attached hydrogens (tertiary/aromatic N) is 3. The number of anilines is 1. The van der Waals surface area contributed by atoms with Crippen molar-refractivity contribution < 1.29 is 14.3 Å². The maximum atomic E-state index is 13.2. The van der Waals surface area contributed by atoms with Crippen LogP contribution in [-0.2, 0) is 16.0 Å². The van der Waals surface area contributed by atoms with Gasteiger partial charge in [-0.25, -0.2) is 0 Å². The van der Waals surface area contributed by atoms with Crippen LogP contribution < -0.4 is 9.64 Å². The lowest BCUT2D eigenvalue weighted by molar-refractivity contribution is -0.143. The van der Waals surface area contributed by atoms with Gasteiger partial charge in [0.25, 0.3) is 0 Å². The molecule has 1 aromatic heterocycles. The van der Waals surface area contributed by atoms with Gasteiger partial charge in [-0.2, -0.15) is 0 Å². The molecular formula is C22H27N3O3S. The van der Waals surface area contributed by atoms with Gasteiger partial charge >= 0.3 is 0 Å². The molecule has 4 rings (SSSR count). The fraction of sp³-hybridized carbons (Fsp3) is 0.455. The zero-order chi connectivity index (χ0) is 20.2. The summed E-state index contributed by atoms with van der Waals surface area (Å²) < 4.78 is 5.47. The molecule has 2 aliphatic rings. The summed E-state index contributed by atoms with van der Waals surface area (Å²) >= 11 is 1.59. The molecule has 2 amide bonds. The van der Waals surface area contributed by atoms with Gasteiger partial charge in [0, 0.05) is 37.6 Å². The van der Waals surface area contributed by atoms with E-state index in [2.05, 4.69) is 11.0 Å². The first-order valence-electron chi connectivity index (χ1n) is 10.2. The monoisotopic (exact) mass is 413 g/mol. The fourth-order valence-corrected chi connectivity index (χ4v) is 4.95. The number of piperazine rings is 1. The summed E-state index contributed by atoms with van der Waals surface area (Å²) in [5.41, 5.74) is 1.07. The summed E-state index contributed by atoms with van der Waals surface area (Å²) in [5, 5.41) is 1.98. The van der Waals surface area contributed by atoms with Gasteiger partial charge in [0.1, 0.15) is 11.8 Å². The van der Waals surface area contributed by atoms with Crippen LogP contribution in [0.3, 0.4) is 0 Å². The lowest BCUT2D eigenvalue weighted by Gasteiger charge is -2.38. The molecule has 2 saturated heterocycles. The van der Waals surface area contributed by atoms with E-state index < -0.39 is 0 Å². The Morgan fingerprint density at radius 2 is 1.86 bits per heavy atom. The molecule has 2 fully saturated rings. The molecular weight excluding hydrogens is 386 g/mol. The molecule has 1 atom stereocenters. The minimum absolute atomic E-state index is 0.0657. The summed E-state index contributed by atoms with van der Waals surface area (Å²) in [6.07, 6.45) is 2.05. The third-order valence-electron chi connectivity index (χ3n) is 5.78. The molecule has 1 aromatic carbocycles. The van der Waals surface area contributed by atoms with Gasteiger partial charge in [-0.15, -0.1) is 11.3 Å². The molecule has 0 bridgehead atoms. The smallest absolute Gasteiger partial charge is 0.245 e. The molecule has 7 heteroatoms. The van der Waals surface area contributed by atoms with Crippen LogP contribution in [0.25, 0.3) is 0 Å². The van der Waals surface area contributed by atoms with Crippen LogP contribution >= 0.6 is 11.3 Å². The molecule has 0 radical (unpaired) electrons. The van der Waals surface area contributed by atoms with Gasteiger partial charge in [0.15, 0.2) is 0 Å². The van der Waals surface area contributed by atoms with E-state index in [-0.39, 0.29) is 17.9 Å². The van der Waals surface area contributed by atoms with E-state index in [0.717, 1.165) is 42.2 Å². The van der Waals surface area contributed by atoms with E-state index in [1.165, 1.54) is 0 Å². The summed E-state index contributed by atoms with van der Waals surface area (Å²) in [5.74, 6) is 1.02. The molecule has 1 unspecified atom stereocenters. The molecule has 2 aromatic rings. The van der Waals surface area contributed by atoms with Crippen LogP contribution in [0.15, 0.2) is 41.8 Å². The number of likely N-dealkylation sites (tertiary alicyclic amines) is 1. The van der Waals surface area contributed by atoms with Gasteiger partial charge in [0.2, 0.25) is 11.8 Å². The quantitative estimate of drug-likeness (QED) is 0.756. The second kappa shape index (κ2) is 8.86. The van der Waals surface area contributed by atoms with E-state index >= 15 is 0 Å². The van der Waals surface area contributed by atoms with Crippen molar-refractivity contribution in [3.8, 4) is 5.75 Å². The van der Waals surface area contributed by atoms with Crippen LogP contribution in [0.1, 0.15) is 17.7 Å². The van der Waals surface area contributed by atoms with Crippen LogP contribution in [-0.4, -0.2) is 67.5 Å². The largest absolute Gasteiger partial charge is 0.495 e. The number of ether oxygens (including phenoxy) is 1. The van der Waals surface area contributed by atoms with Crippen molar-refractivity contribution in [2.75, 3.05) is 44.7 Å². The fourth-order valence-electron chi connectivity index (χ4n) is 4.26. The predicted molar refractivity (Wildman–Crippen MR) is 115 cm³/mol. The Hall–Kier alpha value is -2.54. The van der Waals surface area contributed by atoms with E-state index in [9.17, 15) is 9.59 Å². The molecule has 3 heterocycles. The maximum absolute atomic E-state index is 13.2. The highest BCUT2D eigenvalue weighted by Gasteiger charge is 2.37. The predicted octanol–water partition coefficient (Wildman–Crippen LogP) is 2.64. The zero-order valence-electron chi connectivity index (χ0n) is 16.8. The number of methoxy groups -OCH3 is 1. The van der Waals surface area contributed by atoms with E-state index in [4.69, 9.17) is 4.74 Å². The number of amides is 2. The second-order valence-electron chi connectivity index (χ2n) is 7.49. The minimum atomic E-state index is -0.305. The van der Waals surface area contributed by atoms with Crippen molar-refractivity contribution >= 4 is 28.8 Å². The summed E-state index contributed by atoms with van der Waals surface area (Å²) in [7, 11) is 1.68. The maximum Gasteiger partial charge on any atom is 0.245 e. The van der Waals surface area contributed by atoms with Crippen molar-refractivity contribution in [2.45, 2.75) is 25.3 Å². The van der Waals surface area contributed by atoms with Gasteiger partial charge in [0.05, 0.1) is 19.2 Å². The first kappa shape index (κ1) is 19.8. The number of para-hydroxylation sites is 2. The van der Waals surface area contributed by atoms with Gasteiger partial charge < -0.3 is 19.4 Å². The first-order chi connectivity index (χ1) is 14.2. The molecule has 2 aliphatic heterocycles. The molecule has 29 heavy (non-hydrogen) atoms. The Bertz CT molecular complexity index is 847. The lowest BCUT2D eigenvalue weighted by atomic mass is 10.1. The van der Waals surface area contributed by atoms with Gasteiger partial charge in [-0.05, 0) is 36.4 Å². The van der Waals surface area contributed by atoms with E-state index in [1.54, 1.807) is 23.3 Å². The van der Waals surface area contributed by atoms with Crippen LogP contribution in [0, 0.1) is 0 Å². The molecule has 0 saturated carbocycles. The Morgan fingerprint density at radius 3 is 2.59 bits per heavy atom. The second-order valence-corrected chi connectivity index (χ2v) is 8.52. The van der Waals surface area contributed by atoms with Crippen molar-refractivity contribution in [3.63, 3.8) is 0 Å². The first-order valence-corrected chi connectivity index (χ1v) is 11.0. The van der Waals surface area contributed by atoms with Crippen molar-refractivity contribution in [3.05, 3.63) is 46.7 Å². The normalized spacial score (nSPS) is 19.5. The Balaban J connectivity index is 1.37. The van der Waals surface area contributed by atoms with Crippen LogP contribution in [0.5, 0.6) is 5.75 Å². The molecule has 0 N–H and O–H groups in total. The highest BCUT2D eigenvalue weighted by atomic mass is 32.1. The number of rotatable bonds is 5. The number of thiophene rings is 1. The number of hydrogen-bond donors (Lipinski definition) is 0. The van der Waals surface area contributed by atoms with Crippen molar-refractivity contribution in [2.24, 2.45) is 0 Å². The standard InChI is InChI=1S/C22H27N3O3S/c1-28-20-9-3-2-7-18(20)23-11-13-24(14-12-23)22(27)19-8-4-10-25(19)21(26)16-17-6-5-15-29-17/h2-3,5-7,9,15,19H,4,8,10-14,16H2,1H3. The topological polar surface area (TPSA) is 53.1 Å². The van der Waals surface area contributed by atoms with Crippen molar-refractivity contribution in [1.82, 2.24) is 9.80 Å². The Morgan fingerprint density at radius 1 is 1.07 bits per heavy atom. The Labute approximate surface area is 175 Å². The molecule has 6 nitrogen and oxygen atoms in total. The third-order valence-corrected chi connectivity index (χ3v) is 6.66. The van der Waals surface area contributed by atoms with E-state index in [0.29, 0.717) is 26.1 Å². The lowest BCUT2D eigenvalue weighted by Crippen LogP contribution is -2.54. The average molecular weight is 414 g/mol. The zero-order valence-corrected chi connectivity index (χ0v) is 17.6. The highest BCUT2D eigenvalue weighted by Crippen LogP contribution is 2.29. The summed E-state index contributed by atoms with van der Waals surface area (Å²) in [6.45, 7) is 3.55. The summed E-state index contributed by atoms with van der Waals surface area (Å²) in [4.78, 5) is 33.0. The summed E-state index contributed by atoms with van der Waals surface area (Å²) in [6, 6.07) is 11.6. The number of hydrogen-bond acceptors (Lipinski definition) is 5. The molecule has 0 spiro atoms. The van der Waals surface area contributed by atoms with Crippen molar-refractivity contribution in [1.29, 1.82) is 0 Å². The molecule has 0 aliphatic carbocycles. The highest BCUT2D eigenvalue weighted by molar-refractivity contribution is 7.10. The Kier molecular flexibility index (Phi) is 6.04. The number of carbonyl (C=O) groups excluding carboxylic acids is 2. The van der Waals surface area contributed by atoms with Crippen LogP contribution in [0.2, 0.25) is 0 Å². The van der Waals surface area contributed by atoms with Gasteiger partial charge in [-0.3, -0.25) is 9.59 Å². The minimum Gasteiger partial charge on any atom is -0.495 e. The number of benzene rings is 1. The van der Waals surface area contributed by atoms with Crippen LogP contribution in [0.4, 0.5) is 5.69 Å². The molecule has 154 valence electrons. The third kappa shape index (κ3) is 4.24. The van der Waals surface area contributed by atoms with Gasteiger partial charge in [-0.1, -0.05) is 18.2 Å². The average Bonchev–Trinajstić information content (AvgIpc) is 3.45.